The molecular formula is C16H25N3O4. The molecule has 128 valence electrons. The second-order valence-corrected chi connectivity index (χ2v) is 6.85. The van der Waals surface area contributed by atoms with E-state index in [1.807, 2.05) is 6.92 Å². The van der Waals surface area contributed by atoms with Gasteiger partial charge in [-0.05, 0) is 39.7 Å². The van der Waals surface area contributed by atoms with Gasteiger partial charge in [-0.15, -0.1) is 0 Å². The first-order valence-corrected chi connectivity index (χ1v) is 8.23. The first-order chi connectivity index (χ1) is 11.0. The van der Waals surface area contributed by atoms with Gasteiger partial charge in [-0.25, -0.2) is 0 Å². The van der Waals surface area contributed by atoms with E-state index in [0.717, 1.165) is 25.1 Å². The summed E-state index contributed by atoms with van der Waals surface area (Å²) >= 11 is 0. The zero-order valence-corrected chi connectivity index (χ0v) is 13.7. The summed E-state index contributed by atoms with van der Waals surface area (Å²) in [6.07, 6.45) is 2.66. The van der Waals surface area contributed by atoms with Crippen molar-refractivity contribution in [1.82, 2.24) is 10.1 Å². The van der Waals surface area contributed by atoms with Gasteiger partial charge in [0.15, 0.2) is 0 Å². The number of aliphatic hydroxyl groups is 1. The van der Waals surface area contributed by atoms with Gasteiger partial charge in [-0.2, -0.15) is 0 Å². The molecule has 1 aromatic heterocycles. The molecular weight excluding hydrogens is 298 g/mol. The molecule has 0 bridgehead atoms. The summed E-state index contributed by atoms with van der Waals surface area (Å²) in [5.41, 5.74) is -0.000866. The van der Waals surface area contributed by atoms with Crippen molar-refractivity contribution >= 4 is 11.8 Å². The molecule has 0 aliphatic carbocycles. The molecule has 7 heteroatoms. The van der Waals surface area contributed by atoms with Crippen molar-refractivity contribution in [2.75, 3.05) is 31.6 Å². The number of hydrogen-bond donors (Lipinski definition) is 2. The lowest BCUT2D eigenvalue weighted by Gasteiger charge is -2.43. The maximum atomic E-state index is 12.2. The number of nitrogens with zero attached hydrogens (tertiary/aromatic N) is 2. The molecule has 0 radical (unpaired) electrons. The highest BCUT2D eigenvalue weighted by atomic mass is 16.5. The maximum absolute atomic E-state index is 12.2. The molecule has 0 spiro atoms. The number of ether oxygens (including phenoxy) is 1. The minimum atomic E-state index is -0.732. The van der Waals surface area contributed by atoms with Crippen LogP contribution < -0.4 is 5.32 Å². The molecule has 2 N–H and O–H groups in total. The normalized spacial score (nSPS) is 32.1. The van der Waals surface area contributed by atoms with Crippen LogP contribution in [-0.4, -0.2) is 59.0 Å². The van der Waals surface area contributed by atoms with E-state index in [4.69, 9.17) is 9.26 Å². The summed E-state index contributed by atoms with van der Waals surface area (Å²) in [4.78, 5) is 14.4. The Morgan fingerprint density at radius 2 is 2.43 bits per heavy atom. The van der Waals surface area contributed by atoms with Gasteiger partial charge >= 0.3 is 0 Å². The summed E-state index contributed by atoms with van der Waals surface area (Å²) in [5.74, 6) is 0.291. The Balaban J connectivity index is 1.61. The highest BCUT2D eigenvalue weighted by molar-refractivity contribution is 5.91. The molecule has 3 atom stereocenters. The van der Waals surface area contributed by atoms with Gasteiger partial charge in [0.05, 0.1) is 24.4 Å². The lowest BCUT2D eigenvalue weighted by atomic mass is 9.79. The van der Waals surface area contributed by atoms with Crippen molar-refractivity contribution in [2.24, 2.45) is 5.92 Å². The van der Waals surface area contributed by atoms with Crippen molar-refractivity contribution < 1.29 is 19.2 Å². The van der Waals surface area contributed by atoms with Crippen LogP contribution in [0.2, 0.25) is 0 Å². The Morgan fingerprint density at radius 3 is 3.13 bits per heavy atom. The van der Waals surface area contributed by atoms with Crippen molar-refractivity contribution in [3.8, 4) is 0 Å². The smallest absolute Gasteiger partial charge is 0.240 e. The van der Waals surface area contributed by atoms with E-state index in [-0.39, 0.29) is 24.4 Å². The van der Waals surface area contributed by atoms with Crippen LogP contribution >= 0.6 is 0 Å². The quantitative estimate of drug-likeness (QED) is 0.865. The standard InChI is InChI=1S/C16H25N3O4/c1-11-8-15(23-18-11)17-14(20)9-19-6-3-4-13(19)12-10-22-7-5-16(12,2)21/h8,12-13,21H,3-7,9-10H2,1-2H3,(H,17,20)/t12-,13-,16+/m1/s1. The van der Waals surface area contributed by atoms with Crippen LogP contribution in [0.5, 0.6) is 0 Å². The number of amides is 1. The fourth-order valence-electron chi connectivity index (χ4n) is 3.67. The minimum absolute atomic E-state index is 0.0408. The number of aromatic nitrogens is 1. The molecule has 0 saturated carbocycles. The first kappa shape index (κ1) is 16.4. The highest BCUT2D eigenvalue weighted by Crippen LogP contribution is 2.35. The molecule has 2 aliphatic heterocycles. The van der Waals surface area contributed by atoms with Gasteiger partial charge in [-0.3, -0.25) is 15.0 Å². The molecule has 3 heterocycles. The molecule has 2 fully saturated rings. The van der Waals surface area contributed by atoms with Gasteiger partial charge in [0, 0.05) is 24.6 Å². The van der Waals surface area contributed by atoms with E-state index in [1.54, 1.807) is 13.0 Å². The van der Waals surface area contributed by atoms with E-state index >= 15 is 0 Å². The van der Waals surface area contributed by atoms with Crippen molar-refractivity contribution in [3.63, 3.8) is 0 Å². The third-order valence-corrected chi connectivity index (χ3v) is 4.96. The minimum Gasteiger partial charge on any atom is -0.390 e. The van der Waals surface area contributed by atoms with E-state index in [0.29, 0.717) is 25.5 Å². The average molecular weight is 323 g/mol. The number of likely N-dealkylation sites (tertiary alicyclic amines) is 1. The van der Waals surface area contributed by atoms with E-state index < -0.39 is 5.60 Å². The van der Waals surface area contributed by atoms with Crippen molar-refractivity contribution in [3.05, 3.63) is 11.8 Å². The van der Waals surface area contributed by atoms with Crippen molar-refractivity contribution in [1.29, 1.82) is 0 Å². The van der Waals surface area contributed by atoms with Crippen LogP contribution in [0.15, 0.2) is 10.6 Å². The number of hydrogen-bond acceptors (Lipinski definition) is 6. The Morgan fingerprint density at radius 1 is 1.61 bits per heavy atom. The molecule has 23 heavy (non-hydrogen) atoms. The second-order valence-electron chi connectivity index (χ2n) is 6.85. The SMILES string of the molecule is Cc1cc(NC(=O)CN2CCC[C@@H]2[C@H]2COCC[C@]2(C)O)on1. The molecule has 0 unspecified atom stereocenters. The largest absolute Gasteiger partial charge is 0.390 e. The van der Waals surface area contributed by atoms with Gasteiger partial charge in [-0.1, -0.05) is 5.16 Å². The fraction of sp³-hybridized carbons (Fsp3) is 0.750. The molecule has 2 saturated heterocycles. The van der Waals surface area contributed by atoms with Crippen LogP contribution in [-0.2, 0) is 9.53 Å². The molecule has 0 aromatic carbocycles. The highest BCUT2D eigenvalue weighted by Gasteiger charge is 2.44. The topological polar surface area (TPSA) is 87.8 Å². The van der Waals surface area contributed by atoms with Gasteiger partial charge in [0.1, 0.15) is 0 Å². The molecule has 1 aromatic rings. The van der Waals surface area contributed by atoms with Crippen LogP contribution in [0.25, 0.3) is 0 Å². The van der Waals surface area contributed by atoms with E-state index in [2.05, 4.69) is 15.4 Å². The molecule has 3 rings (SSSR count). The zero-order chi connectivity index (χ0) is 16.4. The Bertz CT molecular complexity index is 557. The van der Waals surface area contributed by atoms with Crippen molar-refractivity contribution in [2.45, 2.75) is 44.8 Å². The predicted octanol–water partition coefficient (Wildman–Crippen LogP) is 1.17. The molecule has 7 nitrogen and oxygen atoms in total. The maximum Gasteiger partial charge on any atom is 0.240 e. The summed E-state index contributed by atoms with van der Waals surface area (Å²) in [6, 6.07) is 1.87. The summed E-state index contributed by atoms with van der Waals surface area (Å²) in [7, 11) is 0. The number of rotatable bonds is 4. The van der Waals surface area contributed by atoms with Crippen LogP contribution in [0.3, 0.4) is 0 Å². The Kier molecular flexibility index (Phi) is 4.70. The molecule has 2 aliphatic rings. The number of nitrogens with one attached hydrogen (secondary N) is 1. The Labute approximate surface area is 136 Å². The third-order valence-electron chi connectivity index (χ3n) is 4.96. The third kappa shape index (κ3) is 3.73. The van der Waals surface area contributed by atoms with E-state index in [1.165, 1.54) is 0 Å². The zero-order valence-electron chi connectivity index (χ0n) is 13.7. The fourth-order valence-corrected chi connectivity index (χ4v) is 3.67. The lowest BCUT2D eigenvalue weighted by molar-refractivity contribution is -0.129. The number of anilines is 1. The van der Waals surface area contributed by atoms with Gasteiger partial charge in [0.2, 0.25) is 11.8 Å². The summed E-state index contributed by atoms with van der Waals surface area (Å²) < 4.78 is 10.6. The van der Waals surface area contributed by atoms with Crippen LogP contribution in [0.1, 0.15) is 31.9 Å². The van der Waals surface area contributed by atoms with Gasteiger partial charge in [0.25, 0.3) is 0 Å². The molecule has 1 amide bonds. The Hall–Kier alpha value is -1.44. The number of carbonyl (C=O) groups is 1. The van der Waals surface area contributed by atoms with Gasteiger partial charge < -0.3 is 14.4 Å². The summed E-state index contributed by atoms with van der Waals surface area (Å²) in [5, 5.41) is 17.1. The monoisotopic (exact) mass is 323 g/mol. The number of carbonyl (C=O) groups excluding carboxylic acids is 1. The average Bonchev–Trinajstić information content (AvgIpc) is 3.08. The van der Waals surface area contributed by atoms with Crippen LogP contribution in [0, 0.1) is 12.8 Å². The predicted molar refractivity (Wildman–Crippen MR) is 84.0 cm³/mol. The lowest BCUT2D eigenvalue weighted by Crippen LogP contribution is -2.53. The van der Waals surface area contributed by atoms with E-state index in [9.17, 15) is 9.90 Å². The van der Waals surface area contributed by atoms with Crippen LogP contribution in [0.4, 0.5) is 5.88 Å². The second kappa shape index (κ2) is 6.59. The summed E-state index contributed by atoms with van der Waals surface area (Å²) in [6.45, 7) is 5.99. The number of aryl methyl sites for hydroxylation is 1. The first-order valence-electron chi connectivity index (χ1n) is 8.23.